The molecular weight excluding hydrogens is 539 g/mol. The van der Waals surface area contributed by atoms with E-state index in [9.17, 15) is 18.8 Å². The van der Waals surface area contributed by atoms with Crippen LogP contribution in [0.15, 0.2) is 79.3 Å². The topological polar surface area (TPSA) is 113 Å². The third-order valence-corrected chi connectivity index (χ3v) is 7.40. The minimum Gasteiger partial charge on any atom is -0.494 e. The van der Waals surface area contributed by atoms with Gasteiger partial charge in [-0.1, -0.05) is 42.5 Å². The molecule has 0 saturated carbocycles. The first-order chi connectivity index (χ1) is 20.5. The predicted octanol–water partition coefficient (Wildman–Crippen LogP) is 4.06. The number of ketones is 1. The summed E-state index contributed by atoms with van der Waals surface area (Å²) in [5, 5.41) is 5.04. The van der Waals surface area contributed by atoms with Crippen molar-refractivity contribution in [2.45, 2.75) is 6.67 Å². The predicted molar refractivity (Wildman–Crippen MR) is 153 cm³/mol. The number of hydrogen-bond donors (Lipinski definition) is 1. The fourth-order valence-corrected chi connectivity index (χ4v) is 5.11. The lowest BCUT2D eigenvalue weighted by atomic mass is 10.1. The van der Waals surface area contributed by atoms with Gasteiger partial charge in [-0.3, -0.25) is 14.4 Å². The molecule has 1 aliphatic heterocycles. The average Bonchev–Trinajstić information content (AvgIpc) is 3.73. The van der Waals surface area contributed by atoms with Crippen molar-refractivity contribution in [2.24, 2.45) is 0 Å². The van der Waals surface area contributed by atoms with Gasteiger partial charge in [0.25, 0.3) is 17.6 Å². The van der Waals surface area contributed by atoms with Crippen molar-refractivity contribution in [2.75, 3.05) is 33.3 Å². The maximum atomic E-state index is 13.5. The SMILES string of the molecule is COc1cnc(-n2ccc(-c3ccc(CF)cc3)n2)c2[nH]cc(C(=O)C(=O)N3CCN(C(=O)c4ccccc4)CC3)c12. The van der Waals surface area contributed by atoms with Gasteiger partial charge in [0.1, 0.15) is 12.4 Å². The van der Waals surface area contributed by atoms with E-state index in [2.05, 4.69) is 15.1 Å². The second-order valence-corrected chi connectivity index (χ2v) is 9.86. The number of aromatic amines is 1. The summed E-state index contributed by atoms with van der Waals surface area (Å²) in [7, 11) is 1.47. The van der Waals surface area contributed by atoms with E-state index < -0.39 is 18.4 Å². The van der Waals surface area contributed by atoms with Gasteiger partial charge in [0.2, 0.25) is 0 Å². The molecule has 42 heavy (non-hydrogen) atoms. The van der Waals surface area contributed by atoms with E-state index in [1.807, 2.05) is 12.1 Å². The molecule has 0 spiro atoms. The Hall–Kier alpha value is -5.32. The molecular formula is C31H27FN6O4. The van der Waals surface area contributed by atoms with Crippen LogP contribution >= 0.6 is 0 Å². The summed E-state index contributed by atoms with van der Waals surface area (Å²) < 4.78 is 20.0. The molecule has 5 aromatic rings. The number of fused-ring (bicyclic) bond motifs is 1. The number of methoxy groups -OCH3 is 1. The Balaban J connectivity index is 1.23. The van der Waals surface area contributed by atoms with Crippen LogP contribution in [0.4, 0.5) is 4.39 Å². The molecule has 2 aromatic carbocycles. The van der Waals surface area contributed by atoms with Crippen LogP contribution in [0.25, 0.3) is 28.0 Å². The summed E-state index contributed by atoms with van der Waals surface area (Å²) >= 11 is 0. The molecule has 0 aliphatic carbocycles. The number of Topliss-reactive ketones (excluding diaryl/α,β-unsaturated/α-hetero) is 1. The number of pyridine rings is 1. The molecule has 1 N–H and O–H groups in total. The molecule has 212 valence electrons. The molecule has 1 aliphatic rings. The highest BCUT2D eigenvalue weighted by Gasteiger charge is 2.31. The molecule has 10 nitrogen and oxygen atoms in total. The zero-order valence-electron chi connectivity index (χ0n) is 22.8. The van der Waals surface area contributed by atoms with Crippen LogP contribution in [0.1, 0.15) is 26.3 Å². The first-order valence-corrected chi connectivity index (χ1v) is 13.4. The molecule has 0 bridgehead atoms. The van der Waals surface area contributed by atoms with E-state index in [-0.39, 0.29) is 24.6 Å². The number of nitrogens with one attached hydrogen (secondary N) is 1. The monoisotopic (exact) mass is 566 g/mol. The second-order valence-electron chi connectivity index (χ2n) is 9.86. The highest BCUT2D eigenvalue weighted by Crippen LogP contribution is 2.32. The smallest absolute Gasteiger partial charge is 0.295 e. The Kier molecular flexibility index (Phi) is 7.22. The molecule has 2 amide bonds. The third-order valence-electron chi connectivity index (χ3n) is 7.40. The number of aromatic nitrogens is 4. The summed E-state index contributed by atoms with van der Waals surface area (Å²) in [5.41, 5.74) is 3.28. The van der Waals surface area contributed by atoms with Crippen molar-refractivity contribution in [3.05, 3.63) is 95.9 Å². The van der Waals surface area contributed by atoms with Crippen molar-refractivity contribution >= 4 is 28.5 Å². The van der Waals surface area contributed by atoms with Gasteiger partial charge in [-0.2, -0.15) is 5.10 Å². The average molecular weight is 567 g/mol. The third kappa shape index (κ3) is 4.89. The number of piperazine rings is 1. The molecule has 3 aromatic heterocycles. The van der Waals surface area contributed by atoms with Gasteiger partial charge in [0, 0.05) is 49.7 Å². The van der Waals surface area contributed by atoms with Crippen LogP contribution in [-0.4, -0.2) is 80.4 Å². The number of nitrogens with zero attached hydrogens (tertiary/aromatic N) is 5. The van der Waals surface area contributed by atoms with Gasteiger partial charge >= 0.3 is 0 Å². The molecule has 0 unspecified atom stereocenters. The van der Waals surface area contributed by atoms with Crippen molar-refractivity contribution in [1.82, 2.24) is 29.5 Å². The van der Waals surface area contributed by atoms with Crippen LogP contribution in [0.2, 0.25) is 0 Å². The van der Waals surface area contributed by atoms with Crippen LogP contribution in [0.3, 0.4) is 0 Å². The maximum Gasteiger partial charge on any atom is 0.295 e. The maximum absolute atomic E-state index is 13.5. The summed E-state index contributed by atoms with van der Waals surface area (Å²) in [6.07, 6.45) is 4.70. The van der Waals surface area contributed by atoms with Gasteiger partial charge in [-0.05, 0) is 23.8 Å². The first kappa shape index (κ1) is 26.9. The lowest BCUT2D eigenvalue weighted by molar-refractivity contribution is -0.127. The van der Waals surface area contributed by atoms with Crippen molar-refractivity contribution in [1.29, 1.82) is 0 Å². The zero-order chi connectivity index (χ0) is 29.2. The Morgan fingerprint density at radius 3 is 2.36 bits per heavy atom. The Morgan fingerprint density at radius 2 is 1.67 bits per heavy atom. The molecule has 1 fully saturated rings. The molecule has 11 heteroatoms. The number of carbonyl (C=O) groups excluding carboxylic acids is 3. The van der Waals surface area contributed by atoms with E-state index in [1.165, 1.54) is 24.4 Å². The largest absolute Gasteiger partial charge is 0.494 e. The van der Waals surface area contributed by atoms with E-state index in [0.717, 1.165) is 5.56 Å². The quantitative estimate of drug-likeness (QED) is 0.235. The number of amides is 2. The van der Waals surface area contributed by atoms with Crippen molar-refractivity contribution in [3.8, 4) is 22.8 Å². The normalized spacial score (nSPS) is 13.4. The molecule has 0 atom stereocenters. The lowest BCUT2D eigenvalue weighted by Gasteiger charge is -2.34. The minimum absolute atomic E-state index is 0.103. The molecule has 6 rings (SSSR count). The number of rotatable bonds is 7. The van der Waals surface area contributed by atoms with E-state index in [0.29, 0.717) is 52.4 Å². The summed E-state index contributed by atoms with van der Waals surface area (Å²) in [4.78, 5) is 50.3. The summed E-state index contributed by atoms with van der Waals surface area (Å²) in [5.74, 6) is -0.695. The van der Waals surface area contributed by atoms with Gasteiger partial charge in [-0.15, -0.1) is 0 Å². The summed E-state index contributed by atoms with van der Waals surface area (Å²) in [6.45, 7) is 0.616. The molecule has 1 saturated heterocycles. The van der Waals surface area contributed by atoms with E-state index in [1.54, 1.807) is 64.3 Å². The number of carbonyl (C=O) groups is 3. The Morgan fingerprint density at radius 1 is 0.952 bits per heavy atom. The van der Waals surface area contributed by atoms with Crippen LogP contribution in [-0.2, 0) is 11.5 Å². The fourth-order valence-electron chi connectivity index (χ4n) is 5.11. The second kappa shape index (κ2) is 11.3. The van der Waals surface area contributed by atoms with Gasteiger partial charge in [0.05, 0.1) is 35.5 Å². The number of alkyl halides is 1. The van der Waals surface area contributed by atoms with Gasteiger partial charge < -0.3 is 19.5 Å². The molecule has 0 radical (unpaired) electrons. The van der Waals surface area contributed by atoms with Gasteiger partial charge in [0.15, 0.2) is 5.82 Å². The highest BCUT2D eigenvalue weighted by atomic mass is 19.1. The number of halogens is 1. The lowest BCUT2D eigenvalue weighted by Crippen LogP contribution is -2.52. The number of H-pyrrole nitrogens is 1. The molecule has 4 heterocycles. The van der Waals surface area contributed by atoms with Crippen LogP contribution < -0.4 is 4.74 Å². The zero-order valence-corrected chi connectivity index (χ0v) is 22.8. The number of hydrogen-bond acceptors (Lipinski definition) is 6. The van der Waals surface area contributed by atoms with Crippen molar-refractivity contribution in [3.63, 3.8) is 0 Å². The first-order valence-electron chi connectivity index (χ1n) is 13.4. The fraction of sp³-hybridized carbons (Fsp3) is 0.194. The highest BCUT2D eigenvalue weighted by molar-refractivity contribution is 6.45. The van der Waals surface area contributed by atoms with E-state index in [4.69, 9.17) is 4.74 Å². The standard InChI is InChI=1S/C31H27FN6O4/c1-42-25-19-34-29(38-12-11-24(35-38)21-9-7-20(17-32)8-10-21)27-26(25)23(18-33-27)28(39)31(41)37-15-13-36(14-16-37)30(40)22-5-3-2-4-6-22/h2-12,18-19,33H,13-17H2,1H3. The number of benzene rings is 2. The summed E-state index contributed by atoms with van der Waals surface area (Å²) in [6, 6.07) is 17.8. The van der Waals surface area contributed by atoms with E-state index >= 15 is 0 Å². The van der Waals surface area contributed by atoms with Crippen LogP contribution in [0.5, 0.6) is 5.75 Å². The van der Waals surface area contributed by atoms with Crippen molar-refractivity contribution < 1.29 is 23.5 Å². The minimum atomic E-state index is -0.686. The van der Waals surface area contributed by atoms with Crippen LogP contribution in [0, 0.1) is 0 Å². The van der Waals surface area contributed by atoms with Gasteiger partial charge in [-0.25, -0.2) is 14.1 Å². The Labute approximate surface area is 240 Å². The Bertz CT molecular complexity index is 1770. The number of ether oxygens (including phenoxy) is 1.